The Hall–Kier alpha value is -1.53. The van der Waals surface area contributed by atoms with Crippen LogP contribution in [0.25, 0.3) is 6.08 Å². The number of carbonyl (C=O) groups is 1. The third-order valence-electron chi connectivity index (χ3n) is 2.74. The van der Waals surface area contributed by atoms with Crippen LogP contribution in [0.2, 0.25) is 0 Å². The lowest BCUT2D eigenvalue weighted by atomic mass is 10.0. The molecule has 0 N–H and O–H groups in total. The SMILES string of the molecule is O=C1C(=C=Cc2ccc(OC(F)(F)F)cc2)CCC=C1I. The van der Waals surface area contributed by atoms with E-state index in [-0.39, 0.29) is 11.5 Å². The molecule has 21 heavy (non-hydrogen) atoms. The summed E-state index contributed by atoms with van der Waals surface area (Å²) in [4.78, 5) is 11.8. The van der Waals surface area contributed by atoms with Crippen molar-refractivity contribution < 1.29 is 22.7 Å². The highest BCUT2D eigenvalue weighted by Gasteiger charge is 2.30. The first-order chi connectivity index (χ1) is 9.85. The van der Waals surface area contributed by atoms with Gasteiger partial charge in [0.15, 0.2) is 0 Å². The number of carbonyl (C=O) groups excluding carboxylic acids is 1. The molecular formula is C15H10F3IO2. The van der Waals surface area contributed by atoms with Gasteiger partial charge in [-0.1, -0.05) is 18.2 Å². The van der Waals surface area contributed by atoms with Gasteiger partial charge in [0.25, 0.3) is 0 Å². The van der Waals surface area contributed by atoms with E-state index in [1.807, 2.05) is 28.7 Å². The average Bonchev–Trinajstić information content (AvgIpc) is 2.40. The molecule has 0 aromatic heterocycles. The zero-order valence-electron chi connectivity index (χ0n) is 10.7. The molecule has 110 valence electrons. The number of ether oxygens (including phenoxy) is 1. The number of benzene rings is 1. The van der Waals surface area contributed by atoms with Gasteiger partial charge in [-0.05, 0) is 59.2 Å². The lowest BCUT2D eigenvalue weighted by Crippen LogP contribution is -2.16. The van der Waals surface area contributed by atoms with Crippen molar-refractivity contribution in [3.63, 3.8) is 0 Å². The fourth-order valence-electron chi connectivity index (χ4n) is 1.77. The molecule has 0 amide bonds. The summed E-state index contributed by atoms with van der Waals surface area (Å²) in [5.41, 5.74) is 4.15. The van der Waals surface area contributed by atoms with Gasteiger partial charge in [-0.2, -0.15) is 0 Å². The van der Waals surface area contributed by atoms with E-state index in [2.05, 4.69) is 10.5 Å². The maximum absolute atomic E-state index is 12.0. The van der Waals surface area contributed by atoms with Crippen molar-refractivity contribution in [2.24, 2.45) is 0 Å². The van der Waals surface area contributed by atoms with Crippen molar-refractivity contribution in [1.82, 2.24) is 0 Å². The number of Topliss-reactive ketones (excluding diaryl/α,β-unsaturated/α-hetero) is 1. The fourth-order valence-corrected chi connectivity index (χ4v) is 2.40. The molecule has 0 unspecified atom stereocenters. The zero-order valence-corrected chi connectivity index (χ0v) is 12.9. The minimum Gasteiger partial charge on any atom is -0.406 e. The van der Waals surface area contributed by atoms with Crippen LogP contribution in [-0.2, 0) is 4.79 Å². The minimum atomic E-state index is -4.70. The summed E-state index contributed by atoms with van der Waals surface area (Å²) in [5, 5.41) is 0. The Morgan fingerprint density at radius 1 is 1.24 bits per heavy atom. The van der Waals surface area contributed by atoms with Gasteiger partial charge in [-0.25, -0.2) is 0 Å². The standard InChI is InChI=1S/C15H10F3IO2/c16-15(17,18)21-12-8-5-10(6-9-12)4-7-11-2-1-3-13(19)14(11)20/h3-6,8-9H,1-2H2. The van der Waals surface area contributed by atoms with Crippen molar-refractivity contribution in [2.45, 2.75) is 19.2 Å². The second-order valence-electron chi connectivity index (χ2n) is 4.30. The summed E-state index contributed by atoms with van der Waals surface area (Å²) in [7, 11) is 0. The second kappa shape index (κ2) is 6.49. The summed E-state index contributed by atoms with van der Waals surface area (Å²) >= 11 is 1.98. The molecule has 0 bridgehead atoms. The third kappa shape index (κ3) is 4.75. The van der Waals surface area contributed by atoms with Gasteiger partial charge in [0.1, 0.15) is 5.75 Å². The van der Waals surface area contributed by atoms with Gasteiger partial charge in [0.2, 0.25) is 5.78 Å². The van der Waals surface area contributed by atoms with E-state index in [1.165, 1.54) is 24.3 Å². The molecule has 6 heteroatoms. The lowest BCUT2D eigenvalue weighted by molar-refractivity contribution is -0.274. The molecule has 0 saturated heterocycles. The molecule has 1 aromatic carbocycles. The highest BCUT2D eigenvalue weighted by molar-refractivity contribution is 14.1. The smallest absolute Gasteiger partial charge is 0.406 e. The Morgan fingerprint density at radius 2 is 1.90 bits per heavy atom. The first-order valence-corrected chi connectivity index (χ1v) is 7.15. The number of halogens is 4. The Bertz CT molecular complexity index is 636. The molecule has 2 rings (SSSR count). The van der Waals surface area contributed by atoms with Crippen LogP contribution in [0.15, 0.2) is 45.2 Å². The fraction of sp³-hybridized carbons (Fsp3) is 0.200. The molecule has 0 spiro atoms. The number of ketones is 1. The van der Waals surface area contributed by atoms with Crippen molar-refractivity contribution in [2.75, 3.05) is 0 Å². The lowest BCUT2D eigenvalue weighted by Gasteiger charge is -2.08. The van der Waals surface area contributed by atoms with Gasteiger partial charge in [-0.15, -0.1) is 18.9 Å². The molecule has 0 fully saturated rings. The van der Waals surface area contributed by atoms with E-state index in [0.29, 0.717) is 21.1 Å². The molecule has 1 aliphatic carbocycles. The Balaban J connectivity index is 2.15. The topological polar surface area (TPSA) is 26.3 Å². The molecule has 0 atom stereocenters. The summed E-state index contributed by atoms with van der Waals surface area (Å²) in [6, 6.07) is 5.39. The molecule has 0 saturated carbocycles. The first kappa shape index (κ1) is 15.9. The molecule has 2 nitrogen and oxygen atoms in total. The molecule has 0 heterocycles. The van der Waals surface area contributed by atoms with Crippen LogP contribution < -0.4 is 4.74 Å². The summed E-state index contributed by atoms with van der Waals surface area (Å²) in [6.45, 7) is 0. The predicted octanol–water partition coefficient (Wildman–Crippen LogP) is 4.81. The summed E-state index contributed by atoms with van der Waals surface area (Å²) < 4.78 is 40.5. The van der Waals surface area contributed by atoms with Gasteiger partial charge < -0.3 is 4.74 Å². The third-order valence-corrected chi connectivity index (χ3v) is 3.67. The van der Waals surface area contributed by atoms with Crippen LogP contribution in [-0.4, -0.2) is 12.1 Å². The van der Waals surface area contributed by atoms with Crippen molar-refractivity contribution in [3.8, 4) is 5.75 Å². The summed E-state index contributed by atoms with van der Waals surface area (Å²) in [5.74, 6) is -0.325. The molecule has 1 aromatic rings. The number of hydrogen-bond acceptors (Lipinski definition) is 2. The maximum atomic E-state index is 12.0. The number of hydrogen-bond donors (Lipinski definition) is 0. The second-order valence-corrected chi connectivity index (χ2v) is 5.47. The van der Waals surface area contributed by atoms with Crippen LogP contribution in [0, 0.1) is 0 Å². The average molecular weight is 406 g/mol. The highest BCUT2D eigenvalue weighted by Crippen LogP contribution is 2.25. The van der Waals surface area contributed by atoms with Crippen molar-refractivity contribution in [1.29, 1.82) is 0 Å². The molecule has 0 aliphatic heterocycles. The van der Waals surface area contributed by atoms with Gasteiger partial charge >= 0.3 is 6.36 Å². The van der Waals surface area contributed by atoms with Crippen LogP contribution in [0.3, 0.4) is 0 Å². The van der Waals surface area contributed by atoms with Gasteiger partial charge in [0.05, 0.1) is 3.58 Å². The van der Waals surface area contributed by atoms with Gasteiger partial charge in [0, 0.05) is 5.57 Å². The van der Waals surface area contributed by atoms with E-state index >= 15 is 0 Å². The van der Waals surface area contributed by atoms with E-state index in [0.717, 1.165) is 6.42 Å². The minimum absolute atomic E-state index is 0.0462. The van der Waals surface area contributed by atoms with Crippen LogP contribution >= 0.6 is 22.6 Å². The van der Waals surface area contributed by atoms with E-state index in [9.17, 15) is 18.0 Å². The largest absolute Gasteiger partial charge is 0.573 e. The van der Waals surface area contributed by atoms with Crippen molar-refractivity contribution in [3.05, 3.63) is 50.8 Å². The van der Waals surface area contributed by atoms with Crippen LogP contribution in [0.4, 0.5) is 13.2 Å². The number of allylic oxidation sites excluding steroid dienone is 3. The highest BCUT2D eigenvalue weighted by atomic mass is 127. The molecule has 0 radical (unpaired) electrons. The van der Waals surface area contributed by atoms with Crippen LogP contribution in [0.5, 0.6) is 5.75 Å². The monoisotopic (exact) mass is 406 g/mol. The van der Waals surface area contributed by atoms with E-state index in [4.69, 9.17) is 0 Å². The number of rotatable bonds is 2. The summed E-state index contributed by atoms with van der Waals surface area (Å²) in [6.07, 6.45) is 0.170. The normalized spacial score (nSPS) is 15.3. The maximum Gasteiger partial charge on any atom is 0.573 e. The van der Waals surface area contributed by atoms with E-state index < -0.39 is 6.36 Å². The van der Waals surface area contributed by atoms with Crippen molar-refractivity contribution >= 4 is 34.5 Å². The first-order valence-electron chi connectivity index (χ1n) is 6.07. The zero-order chi connectivity index (χ0) is 15.5. The quantitative estimate of drug-likeness (QED) is 0.401. The Kier molecular flexibility index (Phi) is 4.90. The molecule has 1 aliphatic rings. The Labute approximate surface area is 133 Å². The molecular weight excluding hydrogens is 396 g/mol. The Morgan fingerprint density at radius 3 is 2.52 bits per heavy atom. The van der Waals surface area contributed by atoms with E-state index in [1.54, 1.807) is 6.08 Å². The van der Waals surface area contributed by atoms with Gasteiger partial charge in [-0.3, -0.25) is 4.79 Å². The van der Waals surface area contributed by atoms with Crippen LogP contribution in [0.1, 0.15) is 18.4 Å². The number of alkyl halides is 3. The predicted molar refractivity (Wildman–Crippen MR) is 81.0 cm³/mol.